The van der Waals surface area contributed by atoms with E-state index in [9.17, 15) is 13.2 Å². The van der Waals surface area contributed by atoms with E-state index in [0.717, 1.165) is 0 Å². The van der Waals surface area contributed by atoms with Crippen molar-refractivity contribution in [2.75, 3.05) is 0 Å². The van der Waals surface area contributed by atoms with Gasteiger partial charge in [-0.3, -0.25) is 0 Å². The summed E-state index contributed by atoms with van der Waals surface area (Å²) in [4.78, 5) is 11.8. The molecule has 27 heavy (non-hydrogen) atoms. The molecule has 0 aliphatic heterocycles. The van der Waals surface area contributed by atoms with E-state index in [4.69, 9.17) is 32.4 Å². The van der Waals surface area contributed by atoms with E-state index < -0.39 is 38.5 Å². The molecule has 0 saturated heterocycles. The summed E-state index contributed by atoms with van der Waals surface area (Å²) in [5, 5.41) is 9.79. The number of halogens is 2. The number of benzene rings is 1. The number of carbonyl (C=O) groups excluding carboxylic acids is 1. The molecule has 11 heteroatoms. The quantitative estimate of drug-likeness (QED) is 0.756. The minimum atomic E-state index is -3.93. The maximum atomic E-state index is 12.5. The first-order valence-electron chi connectivity index (χ1n) is 7.87. The largest absolute Gasteiger partial charge is 0.444 e. The van der Waals surface area contributed by atoms with Crippen LogP contribution in [0, 0.1) is 0 Å². The Morgan fingerprint density at radius 3 is 2.56 bits per heavy atom. The number of aromatic nitrogens is 2. The average Bonchev–Trinajstić information content (AvgIpc) is 2.99. The predicted octanol–water partition coefficient (Wildman–Crippen LogP) is 3.94. The normalized spacial score (nSPS) is 13.3. The number of nitrogens with zero attached hydrogens (tertiary/aromatic N) is 2. The zero-order chi connectivity index (χ0) is 20.4. The van der Waals surface area contributed by atoms with Crippen LogP contribution in [0.1, 0.15) is 45.2 Å². The van der Waals surface area contributed by atoms with Gasteiger partial charge in [-0.2, -0.15) is 0 Å². The van der Waals surface area contributed by atoms with Crippen LogP contribution < -0.4 is 5.32 Å². The number of hydrogen-bond donors (Lipinski definition) is 1. The van der Waals surface area contributed by atoms with Gasteiger partial charge in [-0.15, -0.1) is 5.10 Å². The Bertz CT molecular complexity index is 938. The zero-order valence-corrected chi connectivity index (χ0v) is 17.4. The molecule has 1 N–H and O–H groups in total. The summed E-state index contributed by atoms with van der Waals surface area (Å²) in [6.45, 7) is 6.72. The van der Waals surface area contributed by atoms with Crippen molar-refractivity contribution in [3.63, 3.8) is 0 Å². The van der Waals surface area contributed by atoms with Gasteiger partial charge >= 0.3 is 11.3 Å². The van der Waals surface area contributed by atoms with Gasteiger partial charge in [0.15, 0.2) is 0 Å². The fraction of sp³-hybridized carbons (Fsp3) is 0.438. The Kier molecular flexibility index (Phi) is 6.39. The molecular weight excluding hydrogens is 417 g/mol. The third kappa shape index (κ3) is 6.08. The SMILES string of the molecule is C[C@H](NC(=O)OC(C)(C)C)c1nnc(S(=O)(=O)Cc2ccc(Cl)cc2Cl)o1. The number of hydrogen-bond acceptors (Lipinski definition) is 7. The molecule has 2 aromatic rings. The van der Waals surface area contributed by atoms with Gasteiger partial charge in [0, 0.05) is 10.0 Å². The highest BCUT2D eigenvalue weighted by molar-refractivity contribution is 7.90. The summed E-state index contributed by atoms with van der Waals surface area (Å²) in [5.41, 5.74) is -0.328. The highest BCUT2D eigenvalue weighted by Gasteiger charge is 2.27. The Morgan fingerprint density at radius 2 is 1.96 bits per heavy atom. The van der Waals surface area contributed by atoms with Crippen molar-refractivity contribution in [3.8, 4) is 0 Å². The van der Waals surface area contributed by atoms with Crippen molar-refractivity contribution < 1.29 is 22.4 Å². The molecule has 148 valence electrons. The predicted molar refractivity (Wildman–Crippen MR) is 99.4 cm³/mol. The molecule has 0 spiro atoms. The lowest BCUT2D eigenvalue weighted by Crippen LogP contribution is -2.34. The van der Waals surface area contributed by atoms with Crippen LogP contribution in [0.5, 0.6) is 0 Å². The lowest BCUT2D eigenvalue weighted by atomic mass is 10.2. The van der Waals surface area contributed by atoms with E-state index in [-0.39, 0.29) is 10.9 Å². The summed E-state index contributed by atoms with van der Waals surface area (Å²) < 4.78 is 35.3. The van der Waals surface area contributed by atoms with Gasteiger partial charge in [-0.25, -0.2) is 13.2 Å². The molecule has 0 radical (unpaired) electrons. The van der Waals surface area contributed by atoms with Crippen LogP contribution in [0.15, 0.2) is 27.8 Å². The molecule has 0 fully saturated rings. The number of amides is 1. The number of ether oxygens (including phenoxy) is 1. The van der Waals surface area contributed by atoms with Gasteiger partial charge in [-0.1, -0.05) is 34.4 Å². The molecule has 0 aliphatic rings. The summed E-state index contributed by atoms with van der Waals surface area (Å²) in [6, 6.07) is 3.74. The summed E-state index contributed by atoms with van der Waals surface area (Å²) in [6.07, 6.45) is -0.689. The number of alkyl carbamates (subject to hydrolysis) is 1. The van der Waals surface area contributed by atoms with E-state index in [1.165, 1.54) is 18.2 Å². The molecule has 2 rings (SSSR count). The Balaban J connectivity index is 2.12. The molecule has 0 unspecified atom stereocenters. The van der Waals surface area contributed by atoms with Crippen LogP contribution in [0.4, 0.5) is 4.79 Å². The first kappa shape index (κ1) is 21.5. The average molecular weight is 436 g/mol. The van der Waals surface area contributed by atoms with Crippen LogP contribution in [0.2, 0.25) is 10.0 Å². The first-order chi connectivity index (χ1) is 12.4. The molecule has 1 atom stereocenters. The fourth-order valence-electron chi connectivity index (χ4n) is 1.97. The van der Waals surface area contributed by atoms with Gasteiger partial charge in [0.25, 0.3) is 0 Å². The smallest absolute Gasteiger partial charge is 0.408 e. The number of carbonyl (C=O) groups is 1. The Hall–Kier alpha value is -1.84. The molecule has 1 aromatic heterocycles. The van der Waals surface area contributed by atoms with Crippen molar-refractivity contribution >= 4 is 39.1 Å². The zero-order valence-electron chi connectivity index (χ0n) is 15.1. The fourth-order valence-corrected chi connectivity index (χ4v) is 3.69. The number of rotatable bonds is 5. The van der Waals surface area contributed by atoms with Crippen LogP contribution in [-0.4, -0.2) is 30.3 Å². The summed E-state index contributed by atoms with van der Waals surface area (Å²) in [7, 11) is -3.93. The van der Waals surface area contributed by atoms with Crippen molar-refractivity contribution in [2.45, 2.75) is 50.3 Å². The van der Waals surface area contributed by atoms with Gasteiger partial charge in [0.2, 0.25) is 15.7 Å². The van der Waals surface area contributed by atoms with Crippen molar-refractivity contribution in [3.05, 3.63) is 39.7 Å². The number of sulfone groups is 1. The monoisotopic (exact) mass is 435 g/mol. The van der Waals surface area contributed by atoms with E-state index in [1.54, 1.807) is 27.7 Å². The standard InChI is InChI=1S/C16H19Cl2N3O5S/c1-9(19-14(22)26-16(2,3)4)13-20-21-15(25-13)27(23,24)8-10-5-6-11(17)7-12(10)18/h5-7,9H,8H2,1-4H3,(H,19,22)/t9-/m0/s1. The second kappa shape index (κ2) is 8.04. The molecule has 1 aromatic carbocycles. The van der Waals surface area contributed by atoms with Crippen molar-refractivity contribution in [1.29, 1.82) is 0 Å². The van der Waals surface area contributed by atoms with E-state index in [0.29, 0.717) is 10.6 Å². The maximum absolute atomic E-state index is 12.5. The van der Waals surface area contributed by atoms with E-state index in [2.05, 4.69) is 15.5 Å². The van der Waals surface area contributed by atoms with Gasteiger partial charge in [0.05, 0.1) is 5.75 Å². The molecule has 1 heterocycles. The molecule has 8 nitrogen and oxygen atoms in total. The van der Waals surface area contributed by atoms with Crippen molar-refractivity contribution in [2.24, 2.45) is 0 Å². The molecule has 1 amide bonds. The lowest BCUT2D eigenvalue weighted by molar-refractivity contribution is 0.0500. The Labute approximate surface area is 167 Å². The third-order valence-corrected chi connectivity index (χ3v) is 5.13. The topological polar surface area (TPSA) is 111 Å². The molecule has 0 bridgehead atoms. The first-order valence-corrected chi connectivity index (χ1v) is 10.3. The Morgan fingerprint density at radius 1 is 1.30 bits per heavy atom. The van der Waals surface area contributed by atoms with E-state index >= 15 is 0 Å². The third-order valence-electron chi connectivity index (χ3n) is 3.15. The van der Waals surface area contributed by atoms with Gasteiger partial charge < -0.3 is 14.5 Å². The molecule has 0 saturated carbocycles. The van der Waals surface area contributed by atoms with Crippen LogP contribution in [0.25, 0.3) is 0 Å². The summed E-state index contributed by atoms with van der Waals surface area (Å²) >= 11 is 11.8. The maximum Gasteiger partial charge on any atom is 0.408 e. The van der Waals surface area contributed by atoms with Crippen LogP contribution in [0.3, 0.4) is 0 Å². The van der Waals surface area contributed by atoms with Crippen LogP contribution >= 0.6 is 23.2 Å². The van der Waals surface area contributed by atoms with Crippen LogP contribution in [-0.2, 0) is 20.3 Å². The van der Waals surface area contributed by atoms with Gasteiger partial charge in [-0.05, 0) is 45.4 Å². The number of nitrogens with one attached hydrogen (secondary N) is 1. The second-order valence-corrected chi connectivity index (χ2v) is 9.48. The van der Waals surface area contributed by atoms with Crippen molar-refractivity contribution in [1.82, 2.24) is 15.5 Å². The minimum absolute atomic E-state index is 0.0679. The second-order valence-electron chi connectivity index (χ2n) is 6.77. The molecule has 0 aliphatic carbocycles. The van der Waals surface area contributed by atoms with Gasteiger partial charge in [0.1, 0.15) is 11.6 Å². The molecular formula is C16H19Cl2N3O5S. The highest BCUT2D eigenvalue weighted by Crippen LogP contribution is 2.25. The highest BCUT2D eigenvalue weighted by atomic mass is 35.5. The summed E-state index contributed by atoms with van der Waals surface area (Å²) in [5.74, 6) is -0.500. The lowest BCUT2D eigenvalue weighted by Gasteiger charge is -2.20. The van der Waals surface area contributed by atoms with E-state index in [1.807, 2.05) is 0 Å². The minimum Gasteiger partial charge on any atom is -0.444 e.